The molecule has 0 aliphatic carbocycles. The smallest absolute Gasteiger partial charge is 0.321 e. The quantitative estimate of drug-likeness (QED) is 0.751. The molecule has 0 saturated carbocycles. The molecule has 0 fully saturated rings. The van der Waals surface area contributed by atoms with Crippen molar-refractivity contribution in [1.29, 1.82) is 0 Å². The summed E-state index contributed by atoms with van der Waals surface area (Å²) >= 11 is 1.29. The third-order valence-corrected chi connectivity index (χ3v) is 3.93. The van der Waals surface area contributed by atoms with Gasteiger partial charge in [0.25, 0.3) is 5.91 Å². The molecule has 0 atom stereocenters. The summed E-state index contributed by atoms with van der Waals surface area (Å²) in [5, 5.41) is 4.93. The minimum absolute atomic E-state index is 0.179. The maximum absolute atomic E-state index is 12.7. The Balaban J connectivity index is 1.99. The second-order valence-electron chi connectivity index (χ2n) is 4.52. The lowest BCUT2D eigenvalue weighted by Crippen LogP contribution is -2.11. The minimum Gasteiger partial charge on any atom is -0.321 e. The monoisotopic (exact) mass is 322 g/mol. The number of aromatic nitrogens is 1. The number of benzene rings is 1. The Hall–Kier alpha value is -2.41. The average molecular weight is 322 g/mol. The number of rotatable bonds is 2. The van der Waals surface area contributed by atoms with Crippen LogP contribution in [0.15, 0.2) is 48.0 Å². The number of thiophene rings is 1. The number of amides is 1. The predicted octanol–water partition coefficient (Wildman–Crippen LogP) is 4.57. The lowest BCUT2D eigenvalue weighted by molar-refractivity contribution is -0.137. The SMILES string of the molecule is O=C(Nc1ccnc2cc(C(F)(F)F)ccc12)c1cccs1. The molecular formula is C15H9F3N2OS. The molecule has 0 aliphatic heterocycles. The van der Waals surface area contributed by atoms with Gasteiger partial charge in [-0.05, 0) is 29.6 Å². The Labute approximate surface area is 127 Å². The van der Waals surface area contributed by atoms with Crippen LogP contribution in [0.2, 0.25) is 0 Å². The maximum atomic E-state index is 12.7. The molecule has 2 heterocycles. The highest BCUT2D eigenvalue weighted by Crippen LogP contribution is 2.32. The van der Waals surface area contributed by atoms with Gasteiger partial charge in [0.05, 0.1) is 21.6 Å². The van der Waals surface area contributed by atoms with Gasteiger partial charge >= 0.3 is 6.18 Å². The van der Waals surface area contributed by atoms with Crippen LogP contribution >= 0.6 is 11.3 Å². The zero-order valence-electron chi connectivity index (χ0n) is 11.0. The normalized spacial score (nSPS) is 11.6. The zero-order valence-corrected chi connectivity index (χ0v) is 11.8. The standard InChI is InChI=1S/C15H9F3N2OS/c16-15(17,18)9-3-4-10-11(5-6-19-12(10)8-9)20-14(21)13-2-1-7-22-13/h1-8H,(H,19,20,21). The Morgan fingerprint density at radius 1 is 1.18 bits per heavy atom. The van der Waals surface area contributed by atoms with Crippen molar-refractivity contribution in [2.24, 2.45) is 0 Å². The summed E-state index contributed by atoms with van der Waals surface area (Å²) in [5.74, 6) is -0.303. The third kappa shape index (κ3) is 2.80. The molecule has 0 bridgehead atoms. The molecule has 3 nitrogen and oxygen atoms in total. The number of anilines is 1. The summed E-state index contributed by atoms with van der Waals surface area (Å²) in [7, 11) is 0. The van der Waals surface area contributed by atoms with E-state index in [4.69, 9.17) is 0 Å². The number of fused-ring (bicyclic) bond motifs is 1. The van der Waals surface area contributed by atoms with Crippen LogP contribution in [-0.2, 0) is 6.18 Å². The van der Waals surface area contributed by atoms with Crippen molar-refractivity contribution >= 4 is 33.8 Å². The Morgan fingerprint density at radius 2 is 2.00 bits per heavy atom. The van der Waals surface area contributed by atoms with Crippen LogP contribution in [0.5, 0.6) is 0 Å². The van der Waals surface area contributed by atoms with Crippen LogP contribution in [0.4, 0.5) is 18.9 Å². The van der Waals surface area contributed by atoms with Crippen LogP contribution in [-0.4, -0.2) is 10.9 Å². The number of nitrogens with one attached hydrogen (secondary N) is 1. The molecule has 3 rings (SSSR count). The van der Waals surface area contributed by atoms with Gasteiger partial charge in [-0.25, -0.2) is 0 Å². The number of carbonyl (C=O) groups is 1. The van der Waals surface area contributed by atoms with E-state index in [1.807, 2.05) is 0 Å². The molecule has 0 spiro atoms. The molecule has 1 N–H and O–H groups in total. The van der Waals surface area contributed by atoms with Crippen molar-refractivity contribution in [3.63, 3.8) is 0 Å². The molecule has 1 aromatic carbocycles. The fourth-order valence-electron chi connectivity index (χ4n) is 2.03. The summed E-state index contributed by atoms with van der Waals surface area (Å²) in [6, 6.07) is 8.24. The summed E-state index contributed by atoms with van der Waals surface area (Å²) < 4.78 is 38.1. The predicted molar refractivity (Wildman–Crippen MR) is 79.0 cm³/mol. The van der Waals surface area contributed by atoms with E-state index in [9.17, 15) is 18.0 Å². The highest BCUT2D eigenvalue weighted by Gasteiger charge is 2.30. The van der Waals surface area contributed by atoms with E-state index in [0.29, 0.717) is 16.0 Å². The second-order valence-corrected chi connectivity index (χ2v) is 5.47. The molecule has 3 aromatic rings. The van der Waals surface area contributed by atoms with Gasteiger partial charge in [-0.1, -0.05) is 12.1 Å². The van der Waals surface area contributed by atoms with Gasteiger partial charge in [0.2, 0.25) is 0 Å². The number of carbonyl (C=O) groups excluding carboxylic acids is 1. The van der Waals surface area contributed by atoms with Crippen LogP contribution in [0.25, 0.3) is 10.9 Å². The number of halogens is 3. The average Bonchev–Trinajstić information content (AvgIpc) is 3.00. The van der Waals surface area contributed by atoms with Crippen molar-refractivity contribution < 1.29 is 18.0 Å². The van der Waals surface area contributed by atoms with E-state index in [2.05, 4.69) is 10.3 Å². The van der Waals surface area contributed by atoms with Gasteiger partial charge in [0.1, 0.15) is 0 Å². The van der Waals surface area contributed by atoms with E-state index >= 15 is 0 Å². The molecule has 7 heteroatoms. The Morgan fingerprint density at radius 3 is 2.68 bits per heavy atom. The molecule has 1 amide bonds. The summed E-state index contributed by atoms with van der Waals surface area (Å²) in [6.07, 6.45) is -3.06. The maximum Gasteiger partial charge on any atom is 0.416 e. The molecule has 0 saturated heterocycles. The summed E-state index contributed by atoms with van der Waals surface area (Å²) in [4.78, 5) is 16.5. The molecule has 2 aromatic heterocycles. The Kier molecular flexibility index (Phi) is 3.58. The highest BCUT2D eigenvalue weighted by atomic mass is 32.1. The van der Waals surface area contributed by atoms with Gasteiger partial charge < -0.3 is 5.32 Å². The van der Waals surface area contributed by atoms with E-state index in [1.54, 1.807) is 23.6 Å². The first kappa shape index (κ1) is 14.5. The molecule has 0 radical (unpaired) electrons. The van der Waals surface area contributed by atoms with Gasteiger partial charge in [-0.2, -0.15) is 13.2 Å². The van der Waals surface area contributed by atoms with E-state index < -0.39 is 11.7 Å². The van der Waals surface area contributed by atoms with E-state index in [-0.39, 0.29) is 11.4 Å². The van der Waals surface area contributed by atoms with Crippen LogP contribution in [0.1, 0.15) is 15.2 Å². The largest absolute Gasteiger partial charge is 0.416 e. The van der Waals surface area contributed by atoms with Crippen molar-refractivity contribution in [1.82, 2.24) is 4.98 Å². The molecule has 0 unspecified atom stereocenters. The van der Waals surface area contributed by atoms with Crippen molar-refractivity contribution in [3.05, 3.63) is 58.4 Å². The van der Waals surface area contributed by atoms with Crippen molar-refractivity contribution in [2.45, 2.75) is 6.18 Å². The van der Waals surface area contributed by atoms with Gasteiger partial charge in [0.15, 0.2) is 0 Å². The van der Waals surface area contributed by atoms with Crippen molar-refractivity contribution in [2.75, 3.05) is 5.32 Å². The number of hydrogen-bond acceptors (Lipinski definition) is 3. The highest BCUT2D eigenvalue weighted by molar-refractivity contribution is 7.12. The lowest BCUT2D eigenvalue weighted by atomic mass is 10.1. The lowest BCUT2D eigenvalue weighted by Gasteiger charge is -2.10. The first-order chi connectivity index (χ1) is 10.4. The second kappa shape index (κ2) is 5.42. The number of alkyl halides is 3. The molecule has 22 heavy (non-hydrogen) atoms. The van der Waals surface area contributed by atoms with Crippen molar-refractivity contribution in [3.8, 4) is 0 Å². The first-order valence-electron chi connectivity index (χ1n) is 6.26. The van der Waals surface area contributed by atoms with Crippen LogP contribution in [0.3, 0.4) is 0 Å². The minimum atomic E-state index is -4.42. The van der Waals surface area contributed by atoms with Gasteiger partial charge in [-0.3, -0.25) is 9.78 Å². The molecule has 112 valence electrons. The number of hydrogen-bond donors (Lipinski definition) is 1. The molecule has 0 aliphatic rings. The van der Waals surface area contributed by atoms with Crippen LogP contribution in [0, 0.1) is 0 Å². The number of nitrogens with zero attached hydrogens (tertiary/aromatic N) is 1. The molecular weight excluding hydrogens is 313 g/mol. The van der Waals surface area contributed by atoms with E-state index in [0.717, 1.165) is 12.1 Å². The summed E-state index contributed by atoms with van der Waals surface area (Å²) in [5.41, 5.74) is -0.162. The Bertz CT molecular complexity index is 828. The first-order valence-corrected chi connectivity index (χ1v) is 7.14. The van der Waals surface area contributed by atoms with Crippen LogP contribution < -0.4 is 5.32 Å². The fraction of sp³-hybridized carbons (Fsp3) is 0.0667. The zero-order chi connectivity index (χ0) is 15.7. The summed E-state index contributed by atoms with van der Waals surface area (Å²) in [6.45, 7) is 0. The number of pyridine rings is 1. The topological polar surface area (TPSA) is 42.0 Å². The van der Waals surface area contributed by atoms with Gasteiger partial charge in [0, 0.05) is 11.6 Å². The van der Waals surface area contributed by atoms with Gasteiger partial charge in [-0.15, -0.1) is 11.3 Å². The third-order valence-electron chi connectivity index (χ3n) is 3.06. The van der Waals surface area contributed by atoms with E-state index in [1.165, 1.54) is 23.6 Å². The fourth-order valence-corrected chi connectivity index (χ4v) is 2.64.